The van der Waals surface area contributed by atoms with Gasteiger partial charge in [-0.2, -0.15) is 0 Å². The number of halogens is 1. The Kier molecular flexibility index (Phi) is 6.27. The minimum absolute atomic E-state index is 0.165. The Hall–Kier alpha value is -1.13. The van der Waals surface area contributed by atoms with Crippen LogP contribution in [-0.2, 0) is 11.3 Å². The van der Waals surface area contributed by atoms with Crippen LogP contribution in [-0.4, -0.2) is 26.4 Å². The van der Waals surface area contributed by atoms with Crippen LogP contribution in [0.25, 0.3) is 0 Å². The fourth-order valence-corrected chi connectivity index (χ4v) is 2.57. The van der Waals surface area contributed by atoms with Gasteiger partial charge in [-0.1, -0.05) is 18.6 Å². The summed E-state index contributed by atoms with van der Waals surface area (Å²) in [4.78, 5) is 0. The molecule has 112 valence electrons. The van der Waals surface area contributed by atoms with Gasteiger partial charge in [0.15, 0.2) is 11.6 Å². The first-order chi connectivity index (χ1) is 9.81. The van der Waals surface area contributed by atoms with E-state index < -0.39 is 0 Å². The molecule has 1 N–H and O–H groups in total. The molecule has 2 rings (SSSR count). The van der Waals surface area contributed by atoms with Crippen molar-refractivity contribution in [2.24, 2.45) is 0 Å². The standard InChI is InChI=1S/C16H24FNO2/c1-19-11-10-18-12-13-6-5-9-15(17)16(13)20-14-7-3-2-4-8-14/h5-6,9,14,18H,2-4,7-8,10-12H2,1H3. The minimum Gasteiger partial charge on any atom is -0.487 e. The number of nitrogens with one attached hydrogen (secondary N) is 1. The molecule has 0 atom stereocenters. The predicted molar refractivity (Wildman–Crippen MR) is 77.5 cm³/mol. The Labute approximate surface area is 120 Å². The summed E-state index contributed by atoms with van der Waals surface area (Å²) in [5.41, 5.74) is 0.881. The van der Waals surface area contributed by atoms with Crippen molar-refractivity contribution in [3.05, 3.63) is 29.6 Å². The highest BCUT2D eigenvalue weighted by Gasteiger charge is 2.18. The first kappa shape index (κ1) is 15.3. The lowest BCUT2D eigenvalue weighted by molar-refractivity contribution is 0.146. The maximum absolute atomic E-state index is 14.0. The van der Waals surface area contributed by atoms with E-state index in [-0.39, 0.29) is 11.9 Å². The lowest BCUT2D eigenvalue weighted by Crippen LogP contribution is -2.23. The highest BCUT2D eigenvalue weighted by molar-refractivity contribution is 5.35. The third-order valence-corrected chi connectivity index (χ3v) is 3.68. The van der Waals surface area contributed by atoms with Gasteiger partial charge in [-0.25, -0.2) is 4.39 Å². The van der Waals surface area contributed by atoms with Gasteiger partial charge in [0.2, 0.25) is 0 Å². The number of para-hydroxylation sites is 1. The summed E-state index contributed by atoms with van der Waals surface area (Å²) in [5.74, 6) is 0.158. The Bertz CT molecular complexity index is 405. The molecule has 0 bridgehead atoms. The molecule has 0 radical (unpaired) electrons. The molecule has 4 heteroatoms. The Morgan fingerprint density at radius 2 is 2.05 bits per heavy atom. The molecule has 3 nitrogen and oxygen atoms in total. The van der Waals surface area contributed by atoms with Crippen LogP contribution in [0.2, 0.25) is 0 Å². The summed E-state index contributed by atoms with van der Waals surface area (Å²) in [5, 5.41) is 3.24. The summed E-state index contributed by atoms with van der Waals surface area (Å²) < 4.78 is 24.9. The summed E-state index contributed by atoms with van der Waals surface area (Å²) in [6, 6.07) is 5.12. The fraction of sp³-hybridized carbons (Fsp3) is 0.625. The zero-order chi connectivity index (χ0) is 14.2. The molecule has 1 fully saturated rings. The van der Waals surface area contributed by atoms with Gasteiger partial charge >= 0.3 is 0 Å². The Balaban J connectivity index is 1.97. The lowest BCUT2D eigenvalue weighted by Gasteiger charge is -2.24. The lowest BCUT2D eigenvalue weighted by atomic mass is 9.97. The molecule has 20 heavy (non-hydrogen) atoms. The van der Waals surface area contributed by atoms with E-state index in [0.717, 1.165) is 24.9 Å². The number of benzene rings is 1. The molecular weight excluding hydrogens is 257 g/mol. The third kappa shape index (κ3) is 4.46. The number of rotatable bonds is 7. The second-order valence-corrected chi connectivity index (χ2v) is 5.28. The van der Waals surface area contributed by atoms with E-state index in [2.05, 4.69) is 5.32 Å². The van der Waals surface area contributed by atoms with Gasteiger partial charge in [-0.15, -0.1) is 0 Å². The van der Waals surface area contributed by atoms with Crippen LogP contribution in [0.4, 0.5) is 4.39 Å². The number of hydrogen-bond donors (Lipinski definition) is 1. The number of methoxy groups -OCH3 is 1. The van der Waals surface area contributed by atoms with E-state index in [1.165, 1.54) is 25.3 Å². The topological polar surface area (TPSA) is 30.5 Å². The van der Waals surface area contributed by atoms with Gasteiger partial charge in [-0.05, 0) is 31.7 Å². The first-order valence-electron chi connectivity index (χ1n) is 7.45. The van der Waals surface area contributed by atoms with Gasteiger partial charge in [0.1, 0.15) is 0 Å². The SMILES string of the molecule is COCCNCc1cccc(F)c1OC1CCCCC1. The maximum Gasteiger partial charge on any atom is 0.165 e. The highest BCUT2D eigenvalue weighted by atomic mass is 19.1. The predicted octanol–water partition coefficient (Wildman–Crippen LogP) is 3.27. The van der Waals surface area contributed by atoms with Crippen molar-refractivity contribution in [1.29, 1.82) is 0 Å². The molecule has 0 saturated heterocycles. The van der Waals surface area contributed by atoms with Crippen molar-refractivity contribution >= 4 is 0 Å². The van der Waals surface area contributed by atoms with Crippen LogP contribution < -0.4 is 10.1 Å². The quantitative estimate of drug-likeness (QED) is 0.778. The van der Waals surface area contributed by atoms with Crippen LogP contribution in [0.3, 0.4) is 0 Å². The normalized spacial score (nSPS) is 16.3. The van der Waals surface area contributed by atoms with Crippen LogP contribution in [0.1, 0.15) is 37.7 Å². The molecule has 0 aromatic heterocycles. The highest BCUT2D eigenvalue weighted by Crippen LogP contribution is 2.28. The van der Waals surface area contributed by atoms with Gasteiger partial charge in [0.05, 0.1) is 12.7 Å². The summed E-state index contributed by atoms with van der Waals surface area (Å²) >= 11 is 0. The maximum atomic E-state index is 14.0. The van der Waals surface area contributed by atoms with Crippen molar-refractivity contribution in [2.75, 3.05) is 20.3 Å². The Morgan fingerprint density at radius 1 is 1.25 bits per heavy atom. The van der Waals surface area contributed by atoms with Crippen molar-refractivity contribution in [3.8, 4) is 5.75 Å². The molecule has 0 heterocycles. The molecule has 1 aliphatic rings. The minimum atomic E-state index is -0.262. The van der Waals surface area contributed by atoms with Gasteiger partial charge < -0.3 is 14.8 Å². The second kappa shape index (κ2) is 8.22. The smallest absolute Gasteiger partial charge is 0.165 e. The molecule has 1 aromatic rings. The Morgan fingerprint density at radius 3 is 2.80 bits per heavy atom. The average molecular weight is 281 g/mol. The van der Waals surface area contributed by atoms with Gasteiger partial charge in [-0.3, -0.25) is 0 Å². The molecule has 1 saturated carbocycles. The van der Waals surface area contributed by atoms with Gasteiger partial charge in [0, 0.05) is 25.8 Å². The molecule has 0 aliphatic heterocycles. The van der Waals surface area contributed by atoms with Crippen molar-refractivity contribution < 1.29 is 13.9 Å². The van der Waals surface area contributed by atoms with Crippen LogP contribution in [0.15, 0.2) is 18.2 Å². The van der Waals surface area contributed by atoms with Crippen molar-refractivity contribution in [2.45, 2.75) is 44.8 Å². The van der Waals surface area contributed by atoms with Crippen molar-refractivity contribution in [1.82, 2.24) is 5.32 Å². The largest absolute Gasteiger partial charge is 0.487 e. The summed E-state index contributed by atoms with van der Waals surface area (Å²) in [6.45, 7) is 1.99. The van der Waals surface area contributed by atoms with E-state index >= 15 is 0 Å². The molecule has 0 spiro atoms. The van der Waals surface area contributed by atoms with E-state index in [9.17, 15) is 4.39 Å². The number of ether oxygens (including phenoxy) is 2. The molecule has 1 aliphatic carbocycles. The zero-order valence-corrected chi connectivity index (χ0v) is 12.2. The van der Waals surface area contributed by atoms with E-state index in [1.54, 1.807) is 13.2 Å². The van der Waals surface area contributed by atoms with Gasteiger partial charge in [0.25, 0.3) is 0 Å². The van der Waals surface area contributed by atoms with Crippen LogP contribution in [0.5, 0.6) is 5.75 Å². The van der Waals surface area contributed by atoms with E-state index in [1.807, 2.05) is 6.07 Å². The third-order valence-electron chi connectivity index (χ3n) is 3.68. The summed E-state index contributed by atoms with van der Waals surface area (Å²) in [7, 11) is 1.67. The first-order valence-corrected chi connectivity index (χ1v) is 7.45. The van der Waals surface area contributed by atoms with Crippen LogP contribution in [0, 0.1) is 5.82 Å². The molecule has 0 amide bonds. The van der Waals surface area contributed by atoms with Crippen LogP contribution >= 0.6 is 0 Å². The monoisotopic (exact) mass is 281 g/mol. The molecular formula is C16H24FNO2. The molecule has 1 aromatic carbocycles. The number of hydrogen-bond acceptors (Lipinski definition) is 3. The van der Waals surface area contributed by atoms with E-state index in [4.69, 9.17) is 9.47 Å². The fourth-order valence-electron chi connectivity index (χ4n) is 2.57. The van der Waals surface area contributed by atoms with E-state index in [0.29, 0.717) is 18.9 Å². The van der Waals surface area contributed by atoms with Crippen molar-refractivity contribution in [3.63, 3.8) is 0 Å². The summed E-state index contributed by atoms with van der Waals surface area (Å²) in [6.07, 6.45) is 5.86. The molecule has 0 unspecified atom stereocenters. The second-order valence-electron chi connectivity index (χ2n) is 5.28. The average Bonchev–Trinajstić information content (AvgIpc) is 2.48. The zero-order valence-electron chi connectivity index (χ0n) is 12.2.